The van der Waals surface area contributed by atoms with Crippen molar-refractivity contribution in [3.63, 3.8) is 0 Å². The van der Waals surface area contributed by atoms with E-state index < -0.39 is 30.3 Å². The zero-order valence-electron chi connectivity index (χ0n) is 15.0. The number of nitrogens with one attached hydrogen (secondary N) is 1. The third kappa shape index (κ3) is 5.22. The third-order valence-corrected chi connectivity index (χ3v) is 5.22. The molecule has 8 atom stereocenters. The smallest absolute Gasteiger partial charge is 0.257 e. The van der Waals surface area contributed by atoms with E-state index >= 15 is 0 Å². The van der Waals surface area contributed by atoms with Crippen molar-refractivity contribution in [3.05, 3.63) is 11.6 Å². The van der Waals surface area contributed by atoms with E-state index in [0.29, 0.717) is 25.0 Å². The fourth-order valence-corrected chi connectivity index (χ4v) is 3.35. The fourth-order valence-electron chi connectivity index (χ4n) is 3.35. The van der Waals surface area contributed by atoms with Gasteiger partial charge in [0.2, 0.25) is 0 Å². The van der Waals surface area contributed by atoms with E-state index in [1.165, 1.54) is 6.08 Å². The Hall–Kier alpha value is -1.03. The second-order valence-corrected chi connectivity index (χ2v) is 7.29. The van der Waals surface area contributed by atoms with Gasteiger partial charge in [0.05, 0.1) is 37.1 Å². The first-order valence-electron chi connectivity index (χ1n) is 8.73. The zero-order chi connectivity index (χ0) is 18.7. The van der Waals surface area contributed by atoms with Crippen molar-refractivity contribution >= 4 is 5.91 Å². The molecule has 0 aliphatic carbocycles. The standard InChI is InChI=1S/C17H30N2O6/c1-8(5-14(21)19-18)4-12-16(23)15(22)11(7-24-12)6-13-17(25-13)9(2)10(3)20/h5,9-13,15-17,20,22-23H,4,6-7,18H2,1-3H3,(H,19,21)/b8-5+/t9-,10-,11-,12-,13-,15+,16-,17-/m0/s1. The SMILES string of the molecule is C/C(=C\C(=O)NN)C[C@@H]1OC[C@H](C[C@@H]2O[C@H]2[C@@H](C)[C@H](C)O)[C@@H](O)[C@H]1O. The van der Waals surface area contributed by atoms with Crippen molar-refractivity contribution in [1.29, 1.82) is 0 Å². The summed E-state index contributed by atoms with van der Waals surface area (Å²) in [5, 5.41) is 30.4. The van der Waals surface area contributed by atoms with Gasteiger partial charge in [-0.05, 0) is 26.7 Å². The number of hydrazine groups is 1. The summed E-state index contributed by atoms with van der Waals surface area (Å²) in [4.78, 5) is 11.2. The molecule has 0 saturated carbocycles. The van der Waals surface area contributed by atoms with Crippen molar-refractivity contribution in [2.75, 3.05) is 6.61 Å². The monoisotopic (exact) mass is 358 g/mol. The van der Waals surface area contributed by atoms with Gasteiger partial charge in [0.1, 0.15) is 6.10 Å². The lowest BCUT2D eigenvalue weighted by Crippen LogP contribution is -2.50. The second kappa shape index (κ2) is 8.57. The lowest BCUT2D eigenvalue weighted by molar-refractivity contribution is -0.165. The molecule has 8 nitrogen and oxygen atoms in total. The number of carbonyl (C=O) groups is 1. The highest BCUT2D eigenvalue weighted by Crippen LogP contribution is 2.38. The van der Waals surface area contributed by atoms with Crippen molar-refractivity contribution in [2.45, 2.75) is 70.2 Å². The van der Waals surface area contributed by atoms with Crippen LogP contribution < -0.4 is 11.3 Å². The molecular weight excluding hydrogens is 328 g/mol. The number of amides is 1. The molecule has 25 heavy (non-hydrogen) atoms. The minimum absolute atomic E-state index is 0.0120. The van der Waals surface area contributed by atoms with Crippen LogP contribution in [0.3, 0.4) is 0 Å². The summed E-state index contributed by atoms with van der Waals surface area (Å²) in [6, 6.07) is 0. The van der Waals surface area contributed by atoms with Crippen LogP contribution in [0, 0.1) is 11.8 Å². The van der Waals surface area contributed by atoms with Crippen LogP contribution >= 0.6 is 0 Å². The molecule has 0 aromatic rings. The Bertz CT molecular complexity index is 498. The summed E-state index contributed by atoms with van der Waals surface area (Å²) in [5.74, 6) is 4.42. The van der Waals surface area contributed by atoms with Gasteiger partial charge in [-0.2, -0.15) is 0 Å². The molecule has 2 heterocycles. The van der Waals surface area contributed by atoms with Crippen LogP contribution in [0.2, 0.25) is 0 Å². The Balaban J connectivity index is 1.84. The van der Waals surface area contributed by atoms with Gasteiger partial charge >= 0.3 is 0 Å². The maximum absolute atomic E-state index is 11.2. The van der Waals surface area contributed by atoms with E-state index in [1.807, 2.05) is 12.3 Å². The van der Waals surface area contributed by atoms with Crippen LogP contribution in [0.4, 0.5) is 0 Å². The predicted octanol–water partition coefficient (Wildman–Crippen LogP) is -0.776. The van der Waals surface area contributed by atoms with Gasteiger partial charge in [-0.1, -0.05) is 12.5 Å². The number of rotatable bonds is 7. The van der Waals surface area contributed by atoms with Crippen LogP contribution in [0.25, 0.3) is 0 Å². The number of carbonyl (C=O) groups excluding carboxylic acids is 1. The van der Waals surface area contributed by atoms with Crippen LogP contribution in [0.5, 0.6) is 0 Å². The number of nitrogens with two attached hydrogens (primary N) is 1. The molecule has 1 amide bonds. The molecule has 144 valence electrons. The summed E-state index contributed by atoms with van der Waals surface area (Å²) in [6.07, 6.45) is -0.742. The number of aliphatic hydroxyl groups is 3. The van der Waals surface area contributed by atoms with E-state index in [4.69, 9.17) is 15.3 Å². The van der Waals surface area contributed by atoms with Crippen molar-refractivity contribution < 1.29 is 29.6 Å². The molecule has 2 saturated heterocycles. The third-order valence-electron chi connectivity index (χ3n) is 5.22. The average molecular weight is 358 g/mol. The molecule has 2 aliphatic rings. The molecule has 0 aromatic carbocycles. The highest BCUT2D eigenvalue weighted by Gasteiger charge is 2.48. The Morgan fingerprint density at radius 3 is 2.60 bits per heavy atom. The van der Waals surface area contributed by atoms with E-state index in [-0.39, 0.29) is 24.0 Å². The Morgan fingerprint density at radius 1 is 1.32 bits per heavy atom. The Morgan fingerprint density at radius 2 is 2.00 bits per heavy atom. The van der Waals surface area contributed by atoms with Gasteiger partial charge in [0.25, 0.3) is 5.91 Å². The average Bonchev–Trinajstić information content (AvgIpc) is 3.32. The Labute approximate surface area is 148 Å². The first kappa shape index (κ1) is 20.3. The summed E-state index contributed by atoms with van der Waals surface area (Å²) < 4.78 is 11.3. The molecule has 0 spiro atoms. The number of hydrogen-bond acceptors (Lipinski definition) is 7. The van der Waals surface area contributed by atoms with Gasteiger partial charge in [-0.3, -0.25) is 10.2 Å². The molecular formula is C17H30N2O6. The fraction of sp³-hybridized carbons (Fsp3) is 0.824. The molecule has 2 fully saturated rings. The van der Waals surface area contributed by atoms with Gasteiger partial charge in [0, 0.05) is 17.9 Å². The zero-order valence-corrected chi connectivity index (χ0v) is 15.0. The largest absolute Gasteiger partial charge is 0.393 e. The van der Waals surface area contributed by atoms with Crippen LogP contribution in [0.15, 0.2) is 11.6 Å². The minimum Gasteiger partial charge on any atom is -0.393 e. The van der Waals surface area contributed by atoms with Crippen LogP contribution in [-0.2, 0) is 14.3 Å². The van der Waals surface area contributed by atoms with Gasteiger partial charge in [-0.25, -0.2) is 5.84 Å². The minimum atomic E-state index is -1.03. The summed E-state index contributed by atoms with van der Waals surface area (Å²) in [7, 11) is 0. The topological polar surface area (TPSA) is 138 Å². The van der Waals surface area contributed by atoms with Crippen molar-refractivity contribution in [1.82, 2.24) is 5.43 Å². The normalized spacial score (nSPS) is 38.1. The number of ether oxygens (including phenoxy) is 2. The molecule has 2 aliphatic heterocycles. The molecule has 6 N–H and O–H groups in total. The molecule has 0 aromatic heterocycles. The Kier molecular flexibility index (Phi) is 6.95. The first-order valence-corrected chi connectivity index (χ1v) is 8.73. The van der Waals surface area contributed by atoms with Gasteiger partial charge in [0.15, 0.2) is 0 Å². The van der Waals surface area contributed by atoms with Crippen LogP contribution in [-0.4, -0.2) is 64.5 Å². The highest BCUT2D eigenvalue weighted by molar-refractivity contribution is 5.87. The van der Waals surface area contributed by atoms with Crippen molar-refractivity contribution in [2.24, 2.45) is 17.7 Å². The maximum atomic E-state index is 11.2. The number of hydrogen-bond donors (Lipinski definition) is 5. The molecule has 0 radical (unpaired) electrons. The van der Waals surface area contributed by atoms with E-state index in [1.54, 1.807) is 13.8 Å². The second-order valence-electron chi connectivity index (χ2n) is 7.29. The first-order chi connectivity index (χ1) is 11.7. The van der Waals surface area contributed by atoms with Gasteiger partial charge in [-0.15, -0.1) is 0 Å². The van der Waals surface area contributed by atoms with Crippen LogP contribution in [0.1, 0.15) is 33.6 Å². The van der Waals surface area contributed by atoms with E-state index in [2.05, 4.69) is 0 Å². The number of aliphatic hydroxyl groups excluding tert-OH is 3. The maximum Gasteiger partial charge on any atom is 0.257 e. The van der Waals surface area contributed by atoms with Crippen molar-refractivity contribution in [3.8, 4) is 0 Å². The van der Waals surface area contributed by atoms with Gasteiger partial charge < -0.3 is 24.8 Å². The molecule has 2 rings (SSSR count). The highest BCUT2D eigenvalue weighted by atomic mass is 16.6. The lowest BCUT2D eigenvalue weighted by atomic mass is 9.85. The quantitative estimate of drug-likeness (QED) is 0.132. The predicted molar refractivity (Wildman–Crippen MR) is 90.1 cm³/mol. The summed E-state index contributed by atoms with van der Waals surface area (Å²) in [6.45, 7) is 5.72. The molecule has 0 bridgehead atoms. The molecule has 8 heteroatoms. The molecule has 0 unspecified atom stereocenters. The number of epoxide rings is 1. The van der Waals surface area contributed by atoms with E-state index in [9.17, 15) is 20.1 Å². The summed E-state index contributed by atoms with van der Waals surface area (Å²) >= 11 is 0. The summed E-state index contributed by atoms with van der Waals surface area (Å²) in [5.41, 5.74) is 2.71. The lowest BCUT2D eigenvalue weighted by Gasteiger charge is -2.38. The van der Waals surface area contributed by atoms with E-state index in [0.717, 1.165) is 0 Å².